The lowest BCUT2D eigenvalue weighted by Crippen LogP contribution is -2.42. The van der Waals surface area contributed by atoms with Crippen molar-refractivity contribution in [2.75, 3.05) is 11.1 Å². The van der Waals surface area contributed by atoms with Gasteiger partial charge in [0.25, 0.3) is 0 Å². The first-order valence-electron chi connectivity index (χ1n) is 9.91. The average Bonchev–Trinajstić information content (AvgIpc) is 3.13. The third kappa shape index (κ3) is 4.21. The first kappa shape index (κ1) is 18.5. The van der Waals surface area contributed by atoms with Gasteiger partial charge in [0, 0.05) is 5.69 Å². The van der Waals surface area contributed by atoms with E-state index in [4.69, 9.17) is 0 Å². The molecule has 2 aliphatic carbocycles. The van der Waals surface area contributed by atoms with Gasteiger partial charge in [0.15, 0.2) is 5.16 Å². The minimum Gasteiger partial charge on any atom is -0.325 e. The number of anilines is 1. The number of thioether (sulfide) groups is 1. The fourth-order valence-corrected chi connectivity index (χ4v) is 6.14. The van der Waals surface area contributed by atoms with Crippen LogP contribution in [-0.4, -0.2) is 26.8 Å². The highest BCUT2D eigenvalue weighted by molar-refractivity contribution is 7.99. The van der Waals surface area contributed by atoms with E-state index in [1.807, 2.05) is 0 Å². The van der Waals surface area contributed by atoms with Crippen LogP contribution in [0.15, 0.2) is 35.7 Å². The van der Waals surface area contributed by atoms with Crippen molar-refractivity contribution in [3.05, 3.63) is 36.2 Å². The van der Waals surface area contributed by atoms with E-state index in [-0.39, 0.29) is 5.91 Å². The van der Waals surface area contributed by atoms with Crippen LogP contribution in [-0.2, 0) is 10.2 Å². The maximum Gasteiger partial charge on any atom is 0.234 e. The summed E-state index contributed by atoms with van der Waals surface area (Å²) in [5, 5.41) is 10.2. The van der Waals surface area contributed by atoms with Crippen molar-refractivity contribution in [2.45, 2.75) is 56.5 Å². The molecule has 2 atom stereocenters. The van der Waals surface area contributed by atoms with Crippen LogP contribution < -0.4 is 5.32 Å². The van der Waals surface area contributed by atoms with Gasteiger partial charge in [-0.25, -0.2) is 4.98 Å². The second kappa shape index (κ2) is 7.66. The molecule has 1 aromatic heterocycles. The van der Waals surface area contributed by atoms with Crippen LogP contribution in [0.1, 0.15) is 51.5 Å². The van der Waals surface area contributed by atoms with Crippen LogP contribution in [0.4, 0.5) is 5.69 Å². The largest absolute Gasteiger partial charge is 0.325 e. The molecule has 2 N–H and O–H groups in total. The summed E-state index contributed by atoms with van der Waals surface area (Å²) in [5.41, 5.74) is 2.66. The SMILES string of the molecule is CC1CC2CC(C)CC(c3ccc(NC(=O)CSc4ncn[nH]4)cc3)(C1)C2. The molecule has 0 spiro atoms. The first-order chi connectivity index (χ1) is 13.0. The van der Waals surface area contributed by atoms with Crippen molar-refractivity contribution in [2.24, 2.45) is 17.8 Å². The van der Waals surface area contributed by atoms with Crippen LogP contribution in [0.3, 0.4) is 0 Å². The van der Waals surface area contributed by atoms with Crippen molar-refractivity contribution in [3.63, 3.8) is 0 Å². The first-order valence-corrected chi connectivity index (χ1v) is 10.9. The van der Waals surface area contributed by atoms with Gasteiger partial charge in [-0.1, -0.05) is 37.7 Å². The van der Waals surface area contributed by atoms with Crippen LogP contribution >= 0.6 is 11.8 Å². The van der Waals surface area contributed by atoms with E-state index in [0.717, 1.165) is 23.4 Å². The summed E-state index contributed by atoms with van der Waals surface area (Å²) in [6.45, 7) is 4.83. The molecule has 2 bridgehead atoms. The van der Waals surface area contributed by atoms with E-state index in [1.165, 1.54) is 55.8 Å². The van der Waals surface area contributed by atoms with Gasteiger partial charge in [-0.15, -0.1) is 0 Å². The fourth-order valence-electron chi connectivity index (χ4n) is 5.56. The van der Waals surface area contributed by atoms with E-state index < -0.39 is 0 Å². The van der Waals surface area contributed by atoms with Crippen molar-refractivity contribution in [3.8, 4) is 0 Å². The summed E-state index contributed by atoms with van der Waals surface area (Å²) >= 11 is 1.35. The number of hydrogen-bond acceptors (Lipinski definition) is 4. The number of carbonyl (C=O) groups excluding carboxylic acids is 1. The molecule has 0 aliphatic heterocycles. The minimum absolute atomic E-state index is 0.0278. The Kier molecular flexibility index (Phi) is 5.26. The van der Waals surface area contributed by atoms with Gasteiger partial charge in [-0.3, -0.25) is 9.89 Å². The number of aromatic nitrogens is 3. The van der Waals surface area contributed by atoms with E-state index in [9.17, 15) is 4.79 Å². The molecule has 2 saturated carbocycles. The molecule has 2 aromatic rings. The van der Waals surface area contributed by atoms with Gasteiger partial charge in [-0.05, 0) is 73.0 Å². The number of H-pyrrole nitrogens is 1. The Hall–Kier alpha value is -1.82. The Balaban J connectivity index is 1.41. The zero-order chi connectivity index (χ0) is 18.9. The third-order valence-corrected chi connectivity index (χ3v) is 7.02. The highest BCUT2D eigenvalue weighted by Crippen LogP contribution is 2.54. The van der Waals surface area contributed by atoms with Crippen LogP contribution in [0, 0.1) is 17.8 Å². The highest BCUT2D eigenvalue weighted by atomic mass is 32.2. The fraction of sp³-hybridized carbons (Fsp3) is 0.571. The number of aromatic amines is 1. The van der Waals surface area contributed by atoms with Gasteiger partial charge in [0.2, 0.25) is 5.91 Å². The van der Waals surface area contributed by atoms with Crippen LogP contribution in [0.2, 0.25) is 0 Å². The molecule has 1 amide bonds. The third-order valence-electron chi connectivity index (χ3n) is 6.14. The molecule has 6 heteroatoms. The van der Waals surface area contributed by atoms with Crippen LogP contribution in [0.5, 0.6) is 0 Å². The Bertz CT molecular complexity index is 754. The predicted octanol–water partition coefficient (Wildman–Crippen LogP) is 4.64. The summed E-state index contributed by atoms with van der Waals surface area (Å²) in [6.07, 6.45) is 8.16. The number of carbonyl (C=O) groups is 1. The summed E-state index contributed by atoms with van der Waals surface area (Å²) < 4.78 is 0. The van der Waals surface area contributed by atoms with Crippen molar-refractivity contribution >= 4 is 23.4 Å². The van der Waals surface area contributed by atoms with E-state index >= 15 is 0 Å². The smallest absolute Gasteiger partial charge is 0.234 e. The zero-order valence-electron chi connectivity index (χ0n) is 16.1. The quantitative estimate of drug-likeness (QED) is 0.737. The minimum atomic E-state index is -0.0278. The maximum atomic E-state index is 12.2. The lowest BCUT2D eigenvalue weighted by Gasteiger charge is -2.50. The Morgan fingerprint density at radius 2 is 1.89 bits per heavy atom. The van der Waals surface area contributed by atoms with Gasteiger partial charge in [0.1, 0.15) is 6.33 Å². The van der Waals surface area contributed by atoms with E-state index in [1.54, 1.807) is 0 Å². The lowest BCUT2D eigenvalue weighted by molar-refractivity contribution is -0.113. The van der Waals surface area contributed by atoms with Gasteiger partial charge in [0.05, 0.1) is 5.75 Å². The molecule has 5 nitrogen and oxygen atoms in total. The molecule has 144 valence electrons. The van der Waals surface area contributed by atoms with Crippen molar-refractivity contribution < 1.29 is 4.79 Å². The summed E-state index contributed by atoms with van der Waals surface area (Å²) in [6, 6.07) is 8.61. The topological polar surface area (TPSA) is 70.7 Å². The van der Waals surface area contributed by atoms with Gasteiger partial charge in [-0.2, -0.15) is 5.10 Å². The Labute approximate surface area is 165 Å². The molecule has 27 heavy (non-hydrogen) atoms. The summed E-state index contributed by atoms with van der Waals surface area (Å²) in [4.78, 5) is 16.2. The molecule has 0 radical (unpaired) electrons. The number of benzene rings is 1. The second-order valence-corrected chi connectivity index (χ2v) is 9.61. The molecule has 0 saturated heterocycles. The zero-order valence-corrected chi connectivity index (χ0v) is 16.9. The number of fused-ring (bicyclic) bond motifs is 2. The van der Waals surface area contributed by atoms with E-state index in [0.29, 0.717) is 16.3 Å². The van der Waals surface area contributed by atoms with Gasteiger partial charge < -0.3 is 5.32 Å². The molecule has 2 aliphatic rings. The number of nitrogens with one attached hydrogen (secondary N) is 2. The molecule has 1 aromatic carbocycles. The van der Waals surface area contributed by atoms with Crippen molar-refractivity contribution in [1.82, 2.24) is 15.2 Å². The molecule has 4 rings (SSSR count). The standard InChI is InChI=1S/C21H28N4OS/c1-14-7-16-8-15(2)10-21(9-14,11-16)17-3-5-18(6-4-17)24-19(26)12-27-20-22-13-23-25-20/h3-6,13-16H,7-12H2,1-2H3,(H,24,26)(H,22,23,25). The molecular formula is C21H28N4OS. The predicted molar refractivity (Wildman–Crippen MR) is 109 cm³/mol. The number of rotatable bonds is 5. The average molecular weight is 385 g/mol. The molecule has 2 fully saturated rings. The number of amides is 1. The number of hydrogen-bond donors (Lipinski definition) is 2. The normalized spacial score (nSPS) is 30.1. The van der Waals surface area contributed by atoms with E-state index in [2.05, 4.69) is 58.6 Å². The van der Waals surface area contributed by atoms with Gasteiger partial charge >= 0.3 is 0 Å². The van der Waals surface area contributed by atoms with Crippen LogP contribution in [0.25, 0.3) is 0 Å². The molecular weight excluding hydrogens is 356 g/mol. The monoisotopic (exact) mass is 384 g/mol. The summed E-state index contributed by atoms with van der Waals surface area (Å²) in [5.74, 6) is 2.79. The number of nitrogens with zero attached hydrogens (tertiary/aromatic N) is 2. The maximum absolute atomic E-state index is 12.2. The highest BCUT2D eigenvalue weighted by Gasteiger charge is 2.45. The lowest BCUT2D eigenvalue weighted by atomic mass is 9.54. The second-order valence-electron chi connectivity index (χ2n) is 8.65. The molecule has 2 unspecified atom stereocenters. The molecule has 1 heterocycles. The Morgan fingerprint density at radius 3 is 2.52 bits per heavy atom. The van der Waals surface area contributed by atoms with Crippen molar-refractivity contribution in [1.29, 1.82) is 0 Å². The Morgan fingerprint density at radius 1 is 1.19 bits per heavy atom. The summed E-state index contributed by atoms with van der Waals surface area (Å²) in [7, 11) is 0.